The van der Waals surface area contributed by atoms with Crippen LogP contribution in [-0.2, 0) is 11.9 Å². The molecule has 0 radical (unpaired) electrons. The van der Waals surface area contributed by atoms with Crippen molar-refractivity contribution < 1.29 is 4.74 Å². The Balaban J connectivity index is 2.12. The zero-order chi connectivity index (χ0) is 13.0. The summed E-state index contributed by atoms with van der Waals surface area (Å²) in [6.45, 7) is 0.528. The van der Waals surface area contributed by atoms with Gasteiger partial charge in [-0.25, -0.2) is 0 Å². The zero-order valence-electron chi connectivity index (χ0n) is 9.50. The first-order valence-corrected chi connectivity index (χ1v) is 7.70. The van der Waals surface area contributed by atoms with Gasteiger partial charge in [-0.3, -0.25) is 0 Å². The van der Waals surface area contributed by atoms with Gasteiger partial charge in [0.25, 0.3) is 0 Å². The second-order valence-electron chi connectivity index (χ2n) is 3.78. The highest BCUT2D eigenvalue weighted by molar-refractivity contribution is 9.10. The Bertz CT molecular complexity index is 526. The second kappa shape index (κ2) is 6.60. The molecule has 0 N–H and O–H groups in total. The molecule has 0 unspecified atom stereocenters. The molecule has 4 heteroatoms. The summed E-state index contributed by atoms with van der Waals surface area (Å²) in [5, 5.41) is 1.50. The highest BCUT2D eigenvalue weighted by Gasteiger charge is 2.07. The van der Waals surface area contributed by atoms with Crippen molar-refractivity contribution in [1.82, 2.24) is 0 Å². The van der Waals surface area contributed by atoms with Gasteiger partial charge in [0.2, 0.25) is 0 Å². The average Bonchev–Trinajstić information content (AvgIpc) is 2.39. The van der Waals surface area contributed by atoms with E-state index in [0.29, 0.717) is 6.61 Å². The van der Waals surface area contributed by atoms with Crippen molar-refractivity contribution in [3.8, 4) is 5.75 Å². The molecule has 0 heterocycles. The Morgan fingerprint density at radius 3 is 2.44 bits per heavy atom. The van der Waals surface area contributed by atoms with Crippen molar-refractivity contribution >= 4 is 43.5 Å². The van der Waals surface area contributed by atoms with Gasteiger partial charge in [0.15, 0.2) is 0 Å². The summed E-state index contributed by atoms with van der Waals surface area (Å²) >= 11 is 12.8. The Labute approximate surface area is 128 Å². The molecule has 0 amide bonds. The van der Waals surface area contributed by atoms with E-state index in [-0.39, 0.29) is 0 Å². The Morgan fingerprint density at radius 2 is 1.78 bits per heavy atom. The summed E-state index contributed by atoms with van der Waals surface area (Å²) in [5.41, 5.74) is 2.22. The molecule has 0 atom stereocenters. The maximum Gasteiger partial charge on any atom is 0.138 e. The summed E-state index contributed by atoms with van der Waals surface area (Å²) in [6.07, 6.45) is 0. The van der Waals surface area contributed by atoms with Gasteiger partial charge in [-0.15, -0.1) is 0 Å². The smallest absolute Gasteiger partial charge is 0.138 e. The summed E-state index contributed by atoms with van der Waals surface area (Å²) in [5.74, 6) is 0.879. The third-order valence-electron chi connectivity index (χ3n) is 2.49. The molecule has 0 saturated heterocycles. The third-order valence-corrected chi connectivity index (χ3v) is 3.97. The first-order valence-electron chi connectivity index (χ1n) is 5.41. The minimum atomic E-state index is 0.528. The molecule has 0 saturated carbocycles. The Kier molecular flexibility index (Phi) is 5.10. The molecule has 0 bridgehead atoms. The SMILES string of the molecule is Clc1ccc(COc2c(Br)cccc2CBr)cc1. The summed E-state index contributed by atoms with van der Waals surface area (Å²) in [6, 6.07) is 13.7. The number of ether oxygens (including phenoxy) is 1. The summed E-state index contributed by atoms with van der Waals surface area (Å²) in [7, 11) is 0. The van der Waals surface area contributed by atoms with Crippen LogP contribution in [0.3, 0.4) is 0 Å². The van der Waals surface area contributed by atoms with Gasteiger partial charge in [-0.1, -0.05) is 51.8 Å². The fraction of sp³-hybridized carbons (Fsp3) is 0.143. The van der Waals surface area contributed by atoms with Gasteiger partial charge < -0.3 is 4.74 Å². The van der Waals surface area contributed by atoms with Crippen molar-refractivity contribution in [2.24, 2.45) is 0 Å². The number of alkyl halides is 1. The highest BCUT2D eigenvalue weighted by atomic mass is 79.9. The van der Waals surface area contributed by atoms with Crippen LogP contribution in [0.4, 0.5) is 0 Å². The molecule has 0 fully saturated rings. The highest BCUT2D eigenvalue weighted by Crippen LogP contribution is 2.31. The van der Waals surface area contributed by atoms with Crippen molar-refractivity contribution in [3.05, 3.63) is 63.1 Å². The number of halogens is 3. The van der Waals surface area contributed by atoms with Crippen LogP contribution in [-0.4, -0.2) is 0 Å². The summed E-state index contributed by atoms with van der Waals surface area (Å²) < 4.78 is 6.83. The predicted molar refractivity (Wildman–Crippen MR) is 82.6 cm³/mol. The van der Waals surface area contributed by atoms with Crippen molar-refractivity contribution in [2.75, 3.05) is 0 Å². The quantitative estimate of drug-likeness (QED) is 0.620. The zero-order valence-corrected chi connectivity index (χ0v) is 13.4. The van der Waals surface area contributed by atoms with E-state index in [1.54, 1.807) is 0 Å². The molecule has 0 aliphatic rings. The standard InChI is InChI=1S/C14H11Br2ClO/c15-8-11-2-1-3-13(16)14(11)18-9-10-4-6-12(17)7-5-10/h1-7H,8-9H2. The molecule has 94 valence electrons. The number of para-hydroxylation sites is 1. The molecule has 0 aliphatic carbocycles. The first-order chi connectivity index (χ1) is 8.70. The van der Waals surface area contributed by atoms with Crippen LogP contribution in [0.1, 0.15) is 11.1 Å². The lowest BCUT2D eigenvalue weighted by Gasteiger charge is -2.12. The van der Waals surface area contributed by atoms with E-state index in [0.717, 1.165) is 31.7 Å². The lowest BCUT2D eigenvalue weighted by molar-refractivity contribution is 0.302. The lowest BCUT2D eigenvalue weighted by Crippen LogP contribution is -1.98. The Hall–Kier alpha value is -0.510. The monoisotopic (exact) mass is 388 g/mol. The van der Waals surface area contributed by atoms with E-state index in [1.807, 2.05) is 42.5 Å². The normalized spacial score (nSPS) is 10.4. The molecule has 18 heavy (non-hydrogen) atoms. The minimum absolute atomic E-state index is 0.528. The van der Waals surface area contributed by atoms with Crippen molar-refractivity contribution in [2.45, 2.75) is 11.9 Å². The number of benzene rings is 2. The molecular weight excluding hydrogens is 379 g/mol. The summed E-state index contributed by atoms with van der Waals surface area (Å²) in [4.78, 5) is 0. The van der Waals surface area contributed by atoms with Crippen molar-refractivity contribution in [3.63, 3.8) is 0 Å². The van der Waals surface area contributed by atoms with E-state index < -0.39 is 0 Å². The first kappa shape index (κ1) is 13.9. The number of hydrogen-bond donors (Lipinski definition) is 0. The topological polar surface area (TPSA) is 9.23 Å². The minimum Gasteiger partial charge on any atom is -0.487 e. The van der Waals surface area contributed by atoms with Gasteiger partial charge >= 0.3 is 0 Å². The second-order valence-corrected chi connectivity index (χ2v) is 5.63. The molecule has 2 aromatic rings. The van der Waals surface area contributed by atoms with Gasteiger partial charge in [0, 0.05) is 15.9 Å². The molecule has 2 aromatic carbocycles. The van der Waals surface area contributed by atoms with Crippen LogP contribution in [0.25, 0.3) is 0 Å². The van der Waals surface area contributed by atoms with Gasteiger partial charge in [-0.2, -0.15) is 0 Å². The van der Waals surface area contributed by atoms with Crippen LogP contribution in [0.2, 0.25) is 5.02 Å². The maximum absolute atomic E-state index is 5.86. The van der Waals surface area contributed by atoms with Crippen LogP contribution in [0.15, 0.2) is 46.9 Å². The number of rotatable bonds is 4. The van der Waals surface area contributed by atoms with E-state index in [4.69, 9.17) is 16.3 Å². The van der Waals surface area contributed by atoms with Gasteiger partial charge in [0.1, 0.15) is 12.4 Å². The molecule has 2 rings (SSSR count). The average molecular weight is 391 g/mol. The third kappa shape index (κ3) is 3.50. The fourth-order valence-corrected chi connectivity index (χ4v) is 2.65. The number of hydrogen-bond acceptors (Lipinski definition) is 1. The molecule has 1 nitrogen and oxygen atoms in total. The van der Waals surface area contributed by atoms with E-state index in [2.05, 4.69) is 31.9 Å². The lowest BCUT2D eigenvalue weighted by atomic mass is 10.2. The van der Waals surface area contributed by atoms with Gasteiger partial charge in [-0.05, 0) is 39.7 Å². The Morgan fingerprint density at radius 1 is 1.06 bits per heavy atom. The van der Waals surface area contributed by atoms with Crippen LogP contribution in [0.5, 0.6) is 5.75 Å². The van der Waals surface area contributed by atoms with Gasteiger partial charge in [0.05, 0.1) is 4.47 Å². The van der Waals surface area contributed by atoms with Crippen LogP contribution >= 0.6 is 43.5 Å². The van der Waals surface area contributed by atoms with Crippen LogP contribution < -0.4 is 4.74 Å². The molecule has 0 aromatic heterocycles. The molecule has 0 spiro atoms. The fourth-order valence-electron chi connectivity index (χ4n) is 1.56. The van der Waals surface area contributed by atoms with Crippen LogP contribution in [0, 0.1) is 0 Å². The van der Waals surface area contributed by atoms with Crippen molar-refractivity contribution in [1.29, 1.82) is 0 Å². The molecular formula is C14H11Br2ClO. The maximum atomic E-state index is 5.86. The van der Waals surface area contributed by atoms with E-state index in [1.165, 1.54) is 0 Å². The predicted octanol–water partition coefficient (Wildman–Crippen LogP) is 5.58. The largest absolute Gasteiger partial charge is 0.487 e. The molecule has 0 aliphatic heterocycles. The van der Waals surface area contributed by atoms with E-state index >= 15 is 0 Å². The van der Waals surface area contributed by atoms with E-state index in [9.17, 15) is 0 Å².